The van der Waals surface area contributed by atoms with Gasteiger partial charge in [0.25, 0.3) is 0 Å². The molecule has 1 aromatic heterocycles. The second kappa shape index (κ2) is 10.4. The lowest BCUT2D eigenvalue weighted by atomic mass is 10.0. The van der Waals surface area contributed by atoms with Crippen LogP contribution in [0.2, 0.25) is 0 Å². The van der Waals surface area contributed by atoms with Gasteiger partial charge in [-0.05, 0) is 11.5 Å². The zero-order chi connectivity index (χ0) is 21.4. The highest BCUT2D eigenvalue weighted by Gasteiger charge is 2.29. The van der Waals surface area contributed by atoms with Crippen molar-refractivity contribution in [3.63, 3.8) is 0 Å². The molecule has 6 N–H and O–H groups in total. The molecule has 156 valence electrons. The lowest BCUT2D eigenvalue weighted by Crippen LogP contribution is -2.56. The number of benzene rings is 1. The van der Waals surface area contributed by atoms with Crippen LogP contribution in [0, 0.1) is 5.92 Å². The summed E-state index contributed by atoms with van der Waals surface area (Å²) in [5.41, 5.74) is 7.29. The molecular formula is C20H27N5O4. The summed E-state index contributed by atoms with van der Waals surface area (Å²) in [4.78, 5) is 43.5. The number of carboxylic acid groups (broad SMARTS) is 1. The van der Waals surface area contributed by atoms with Crippen LogP contribution in [0.15, 0.2) is 42.9 Å². The summed E-state index contributed by atoms with van der Waals surface area (Å²) < 4.78 is 0. The fraction of sp³-hybridized carbons (Fsp3) is 0.400. The first-order chi connectivity index (χ1) is 13.8. The van der Waals surface area contributed by atoms with Crippen LogP contribution in [0.25, 0.3) is 0 Å². The first-order valence-corrected chi connectivity index (χ1v) is 9.38. The fourth-order valence-electron chi connectivity index (χ4n) is 2.72. The molecule has 9 nitrogen and oxygen atoms in total. The highest BCUT2D eigenvalue weighted by atomic mass is 16.4. The van der Waals surface area contributed by atoms with E-state index in [4.69, 9.17) is 5.73 Å². The van der Waals surface area contributed by atoms with Gasteiger partial charge in [0.15, 0.2) is 0 Å². The minimum absolute atomic E-state index is 0.0403. The Balaban J connectivity index is 2.15. The second-order valence-corrected chi connectivity index (χ2v) is 7.20. The average Bonchev–Trinajstić information content (AvgIpc) is 3.20. The van der Waals surface area contributed by atoms with Gasteiger partial charge in [-0.25, -0.2) is 9.78 Å². The van der Waals surface area contributed by atoms with E-state index < -0.39 is 35.9 Å². The van der Waals surface area contributed by atoms with Crippen LogP contribution in [0.3, 0.4) is 0 Å². The van der Waals surface area contributed by atoms with Gasteiger partial charge in [-0.3, -0.25) is 9.59 Å². The number of rotatable bonds is 10. The van der Waals surface area contributed by atoms with Crippen LogP contribution in [-0.2, 0) is 27.2 Å². The maximum Gasteiger partial charge on any atom is 0.326 e. The molecule has 9 heteroatoms. The number of hydrogen-bond donors (Lipinski definition) is 5. The zero-order valence-corrected chi connectivity index (χ0v) is 16.5. The monoisotopic (exact) mass is 401 g/mol. The summed E-state index contributed by atoms with van der Waals surface area (Å²) in [7, 11) is 0. The maximum atomic E-state index is 12.9. The van der Waals surface area contributed by atoms with Crippen molar-refractivity contribution in [2.45, 2.75) is 44.8 Å². The summed E-state index contributed by atoms with van der Waals surface area (Å²) >= 11 is 0. The molecule has 0 aliphatic heterocycles. The normalized spacial score (nSPS) is 14.1. The molecule has 2 aromatic rings. The highest BCUT2D eigenvalue weighted by Crippen LogP contribution is 2.07. The third-order valence-corrected chi connectivity index (χ3v) is 4.53. The van der Waals surface area contributed by atoms with Crippen molar-refractivity contribution in [2.24, 2.45) is 11.7 Å². The molecule has 3 atom stereocenters. The molecule has 0 saturated heterocycles. The molecule has 0 unspecified atom stereocenters. The van der Waals surface area contributed by atoms with Crippen molar-refractivity contribution in [2.75, 3.05) is 0 Å². The summed E-state index contributed by atoms with van der Waals surface area (Å²) in [6.07, 6.45) is 3.17. The van der Waals surface area contributed by atoms with E-state index in [9.17, 15) is 19.5 Å². The van der Waals surface area contributed by atoms with Gasteiger partial charge in [0.2, 0.25) is 11.8 Å². The smallest absolute Gasteiger partial charge is 0.326 e. The molecule has 0 bridgehead atoms. The number of carbonyl (C=O) groups excluding carboxylic acids is 2. The highest BCUT2D eigenvalue weighted by molar-refractivity contribution is 5.92. The number of carboxylic acids is 1. The van der Waals surface area contributed by atoms with Crippen LogP contribution >= 0.6 is 0 Å². The SMILES string of the molecule is CC(C)[C@H](N)C(=O)N[C@@H](Cc1ccccc1)C(=O)N[C@@H](Cc1cnc[nH]1)C(=O)O. The minimum atomic E-state index is -1.18. The van der Waals surface area contributed by atoms with Crippen LogP contribution < -0.4 is 16.4 Å². The molecule has 0 spiro atoms. The number of nitrogens with two attached hydrogens (primary N) is 1. The van der Waals surface area contributed by atoms with Crippen molar-refractivity contribution in [1.29, 1.82) is 0 Å². The minimum Gasteiger partial charge on any atom is -0.480 e. The lowest BCUT2D eigenvalue weighted by molar-refractivity contribution is -0.142. The van der Waals surface area contributed by atoms with Gasteiger partial charge in [0.1, 0.15) is 12.1 Å². The van der Waals surface area contributed by atoms with Gasteiger partial charge in [-0.2, -0.15) is 0 Å². The number of amides is 2. The lowest BCUT2D eigenvalue weighted by Gasteiger charge is -2.24. The maximum absolute atomic E-state index is 12.9. The number of hydrogen-bond acceptors (Lipinski definition) is 5. The molecule has 29 heavy (non-hydrogen) atoms. The van der Waals surface area contributed by atoms with Crippen molar-refractivity contribution < 1.29 is 19.5 Å². The van der Waals surface area contributed by atoms with Gasteiger partial charge < -0.3 is 26.5 Å². The van der Waals surface area contributed by atoms with E-state index in [1.165, 1.54) is 12.5 Å². The van der Waals surface area contributed by atoms with Gasteiger partial charge in [0, 0.05) is 24.7 Å². The Morgan fingerprint density at radius 2 is 1.72 bits per heavy atom. The van der Waals surface area contributed by atoms with Crippen LogP contribution in [0.4, 0.5) is 0 Å². The first kappa shape index (κ1) is 22.1. The van der Waals surface area contributed by atoms with Crippen molar-refractivity contribution >= 4 is 17.8 Å². The molecule has 0 radical (unpaired) electrons. The van der Waals surface area contributed by atoms with Crippen LogP contribution in [0.1, 0.15) is 25.1 Å². The number of nitrogens with zero attached hydrogens (tertiary/aromatic N) is 1. The largest absolute Gasteiger partial charge is 0.480 e. The molecule has 0 saturated carbocycles. The number of aliphatic carboxylic acids is 1. The topological polar surface area (TPSA) is 150 Å². The molecule has 0 aliphatic rings. The third-order valence-electron chi connectivity index (χ3n) is 4.53. The number of imidazole rings is 1. The molecule has 1 heterocycles. The van der Waals surface area contributed by atoms with Gasteiger partial charge in [0.05, 0.1) is 12.4 Å². The third kappa shape index (κ3) is 6.72. The van der Waals surface area contributed by atoms with E-state index in [0.717, 1.165) is 5.56 Å². The summed E-state index contributed by atoms with van der Waals surface area (Å²) in [5.74, 6) is -2.35. The second-order valence-electron chi connectivity index (χ2n) is 7.20. The Bertz CT molecular complexity index is 808. The fourth-order valence-corrected chi connectivity index (χ4v) is 2.72. The van der Waals surface area contributed by atoms with Crippen LogP contribution in [0.5, 0.6) is 0 Å². The Morgan fingerprint density at radius 1 is 1.07 bits per heavy atom. The Hall–Kier alpha value is -3.20. The number of nitrogens with one attached hydrogen (secondary N) is 3. The van der Waals surface area contributed by atoms with Gasteiger partial charge in [-0.15, -0.1) is 0 Å². The van der Waals surface area contributed by atoms with E-state index in [0.29, 0.717) is 5.69 Å². The van der Waals surface area contributed by atoms with Gasteiger partial charge in [-0.1, -0.05) is 44.2 Å². The Labute approximate surface area is 169 Å². The number of carbonyl (C=O) groups is 3. The van der Waals surface area contributed by atoms with Crippen molar-refractivity contribution in [3.8, 4) is 0 Å². The Morgan fingerprint density at radius 3 is 2.28 bits per heavy atom. The summed E-state index contributed by atoms with van der Waals surface area (Å²) in [6, 6.07) is 6.24. The molecule has 1 aromatic carbocycles. The average molecular weight is 401 g/mol. The van der Waals surface area contributed by atoms with E-state index in [2.05, 4.69) is 20.6 Å². The molecule has 0 aliphatic carbocycles. The van der Waals surface area contributed by atoms with E-state index in [-0.39, 0.29) is 18.8 Å². The predicted molar refractivity (Wildman–Crippen MR) is 107 cm³/mol. The molecule has 2 rings (SSSR count). The van der Waals surface area contributed by atoms with Crippen molar-refractivity contribution in [3.05, 3.63) is 54.1 Å². The molecule has 2 amide bonds. The zero-order valence-electron chi connectivity index (χ0n) is 16.5. The van der Waals surface area contributed by atoms with E-state index in [1.807, 2.05) is 30.3 Å². The summed E-state index contributed by atoms with van der Waals surface area (Å²) in [6.45, 7) is 3.61. The van der Waals surface area contributed by atoms with E-state index >= 15 is 0 Å². The number of aromatic nitrogens is 2. The number of aromatic amines is 1. The first-order valence-electron chi connectivity index (χ1n) is 9.38. The number of H-pyrrole nitrogens is 1. The molecular weight excluding hydrogens is 374 g/mol. The standard InChI is InChI=1S/C20H27N5O4/c1-12(2)17(21)19(27)24-15(8-13-6-4-3-5-7-13)18(26)25-16(20(28)29)9-14-10-22-11-23-14/h3-7,10-12,15-17H,8-9,21H2,1-2H3,(H,22,23)(H,24,27)(H,25,26)(H,28,29)/t15-,16-,17-/m0/s1. The quantitative estimate of drug-likeness (QED) is 0.385. The van der Waals surface area contributed by atoms with Crippen molar-refractivity contribution in [1.82, 2.24) is 20.6 Å². The summed E-state index contributed by atoms with van der Waals surface area (Å²) in [5, 5.41) is 14.6. The Kier molecular flexibility index (Phi) is 7.90. The van der Waals surface area contributed by atoms with Gasteiger partial charge >= 0.3 is 5.97 Å². The molecule has 0 fully saturated rings. The van der Waals surface area contributed by atoms with E-state index in [1.54, 1.807) is 13.8 Å². The predicted octanol–water partition coefficient (Wildman–Crippen LogP) is 0.232. The van der Waals surface area contributed by atoms with Crippen LogP contribution in [-0.4, -0.2) is 51.0 Å².